The first-order valence-electron chi connectivity index (χ1n) is 11.5. The van der Waals surface area contributed by atoms with Gasteiger partial charge in [0.2, 0.25) is 0 Å². The van der Waals surface area contributed by atoms with Crippen molar-refractivity contribution in [2.24, 2.45) is 7.05 Å². The summed E-state index contributed by atoms with van der Waals surface area (Å²) in [5, 5.41) is 15.2. The van der Waals surface area contributed by atoms with Crippen LogP contribution in [-0.4, -0.2) is 35.4 Å². The van der Waals surface area contributed by atoms with Crippen molar-refractivity contribution in [2.75, 3.05) is 19.0 Å². The predicted molar refractivity (Wildman–Crippen MR) is 137 cm³/mol. The van der Waals surface area contributed by atoms with Crippen LogP contribution in [0.3, 0.4) is 0 Å². The number of carbonyl (C=O) groups excluding carboxylic acids is 2. The number of benzene rings is 2. The third-order valence-electron chi connectivity index (χ3n) is 5.80. The van der Waals surface area contributed by atoms with Gasteiger partial charge in [-0.1, -0.05) is 18.2 Å². The Balaban J connectivity index is 2.01. The Morgan fingerprint density at radius 3 is 2.44 bits per heavy atom. The van der Waals surface area contributed by atoms with Crippen molar-refractivity contribution in [3.8, 4) is 22.6 Å². The van der Waals surface area contributed by atoms with Crippen LogP contribution in [0.1, 0.15) is 36.1 Å². The zero-order valence-corrected chi connectivity index (χ0v) is 21.0. The van der Waals surface area contributed by atoms with Crippen LogP contribution in [0, 0.1) is 13.8 Å². The van der Waals surface area contributed by atoms with Crippen molar-refractivity contribution in [1.29, 1.82) is 0 Å². The second-order valence-corrected chi connectivity index (χ2v) is 8.41. The van der Waals surface area contributed by atoms with Crippen molar-refractivity contribution in [3.05, 3.63) is 75.7 Å². The molecule has 0 spiro atoms. The number of carbonyl (C=O) groups is 2. The highest BCUT2D eigenvalue weighted by molar-refractivity contribution is 5.91. The number of amides is 2. The van der Waals surface area contributed by atoms with Crippen LogP contribution in [0.2, 0.25) is 0 Å². The van der Waals surface area contributed by atoms with E-state index in [1.165, 1.54) is 23.9 Å². The van der Waals surface area contributed by atoms with E-state index in [4.69, 9.17) is 9.47 Å². The van der Waals surface area contributed by atoms with E-state index in [2.05, 4.69) is 10.6 Å². The minimum absolute atomic E-state index is 0.153. The first kappa shape index (κ1) is 26.3. The molecular weight excluding hydrogens is 462 g/mol. The van der Waals surface area contributed by atoms with Crippen LogP contribution in [0.25, 0.3) is 11.1 Å². The Bertz CT molecular complexity index is 1310. The average Bonchev–Trinajstić information content (AvgIpc) is 2.83. The lowest BCUT2D eigenvalue weighted by atomic mass is 9.92. The highest BCUT2D eigenvalue weighted by atomic mass is 16.5. The molecule has 0 aliphatic carbocycles. The van der Waals surface area contributed by atoms with Crippen LogP contribution in [0.15, 0.2) is 53.5 Å². The van der Waals surface area contributed by atoms with E-state index >= 15 is 0 Å². The number of aromatic hydroxyl groups is 1. The Labute approximate surface area is 209 Å². The number of methoxy groups -OCH3 is 1. The number of rotatable bonds is 8. The van der Waals surface area contributed by atoms with Gasteiger partial charge in [0.05, 0.1) is 26.2 Å². The summed E-state index contributed by atoms with van der Waals surface area (Å²) in [6.45, 7) is 5.91. The molecule has 2 amide bonds. The zero-order valence-electron chi connectivity index (χ0n) is 21.0. The van der Waals surface area contributed by atoms with Crippen molar-refractivity contribution in [1.82, 2.24) is 9.88 Å². The first-order valence-corrected chi connectivity index (χ1v) is 11.5. The molecule has 9 nitrogen and oxygen atoms in total. The summed E-state index contributed by atoms with van der Waals surface area (Å²) in [4.78, 5) is 37.7. The summed E-state index contributed by atoms with van der Waals surface area (Å²) in [6.07, 6.45) is 1.23. The van der Waals surface area contributed by atoms with Crippen molar-refractivity contribution >= 4 is 17.7 Å². The number of hydrogen-bond donors (Lipinski definition) is 3. The van der Waals surface area contributed by atoms with E-state index in [-0.39, 0.29) is 24.5 Å². The number of aromatic nitrogens is 1. The van der Waals surface area contributed by atoms with E-state index in [0.717, 1.165) is 22.3 Å². The van der Waals surface area contributed by atoms with Gasteiger partial charge in [0.1, 0.15) is 11.5 Å². The van der Waals surface area contributed by atoms with Gasteiger partial charge < -0.3 is 29.8 Å². The van der Waals surface area contributed by atoms with E-state index in [9.17, 15) is 19.5 Å². The standard InChI is InChI=1S/C27H31N3O6/c1-6-36-23(32)15-21(28-27(34)29-25-22(31)10-11-30(4)26(25)33)18-12-19(14-20(13-18)35-5)24-16(2)8-7-9-17(24)3/h7-14,21,31H,6,15H2,1-5H3,(H2,28,29,34)/t21-/m0/s1. The molecule has 1 aromatic heterocycles. The van der Waals surface area contributed by atoms with Gasteiger partial charge in [0, 0.05) is 13.2 Å². The quantitative estimate of drug-likeness (QED) is 0.405. The van der Waals surface area contributed by atoms with Crippen molar-refractivity contribution in [3.63, 3.8) is 0 Å². The lowest BCUT2D eigenvalue weighted by Gasteiger charge is -2.21. The number of anilines is 1. The molecule has 0 bridgehead atoms. The van der Waals surface area contributed by atoms with Crippen LogP contribution >= 0.6 is 0 Å². The number of esters is 1. The minimum Gasteiger partial charge on any atom is -0.505 e. The fourth-order valence-corrected chi connectivity index (χ4v) is 4.04. The number of nitrogens with one attached hydrogen (secondary N) is 2. The molecule has 0 aliphatic heterocycles. The number of pyridine rings is 1. The highest BCUT2D eigenvalue weighted by Gasteiger charge is 2.23. The largest absolute Gasteiger partial charge is 0.505 e. The average molecular weight is 494 g/mol. The number of urea groups is 1. The summed E-state index contributed by atoms with van der Waals surface area (Å²) >= 11 is 0. The fraction of sp³-hybridized carbons (Fsp3) is 0.296. The van der Waals surface area contributed by atoms with Gasteiger partial charge in [-0.2, -0.15) is 0 Å². The summed E-state index contributed by atoms with van der Waals surface area (Å²) in [5.41, 5.74) is 3.79. The maximum absolute atomic E-state index is 12.9. The normalized spacial score (nSPS) is 11.5. The highest BCUT2D eigenvalue weighted by Crippen LogP contribution is 2.34. The van der Waals surface area contributed by atoms with Crippen molar-refractivity contribution in [2.45, 2.75) is 33.2 Å². The van der Waals surface area contributed by atoms with E-state index < -0.39 is 23.6 Å². The summed E-state index contributed by atoms with van der Waals surface area (Å²) in [5.74, 6) is -0.317. The Morgan fingerprint density at radius 1 is 1.11 bits per heavy atom. The third-order valence-corrected chi connectivity index (χ3v) is 5.80. The lowest BCUT2D eigenvalue weighted by molar-refractivity contribution is -0.143. The molecule has 0 saturated heterocycles. The molecule has 0 radical (unpaired) electrons. The van der Waals surface area contributed by atoms with Gasteiger partial charge in [-0.15, -0.1) is 0 Å². The lowest BCUT2D eigenvalue weighted by Crippen LogP contribution is -2.36. The molecule has 0 saturated carbocycles. The smallest absolute Gasteiger partial charge is 0.319 e. The minimum atomic E-state index is -0.808. The number of nitrogens with zero attached hydrogens (tertiary/aromatic N) is 1. The molecule has 3 aromatic rings. The molecule has 9 heteroatoms. The molecule has 1 heterocycles. The van der Waals surface area contributed by atoms with E-state index in [1.54, 1.807) is 20.1 Å². The maximum atomic E-state index is 12.9. The van der Waals surface area contributed by atoms with Crippen LogP contribution in [-0.2, 0) is 16.6 Å². The van der Waals surface area contributed by atoms with Crippen LogP contribution in [0.5, 0.6) is 11.5 Å². The molecule has 0 unspecified atom stereocenters. The summed E-state index contributed by atoms with van der Waals surface area (Å²) in [7, 11) is 3.04. The topological polar surface area (TPSA) is 119 Å². The van der Waals surface area contributed by atoms with Gasteiger partial charge in [-0.05, 0) is 72.9 Å². The Hall–Kier alpha value is -4.27. The molecule has 0 fully saturated rings. The third kappa shape index (κ3) is 6.04. The van der Waals surface area contributed by atoms with E-state index in [0.29, 0.717) is 11.3 Å². The monoisotopic (exact) mass is 493 g/mol. The summed E-state index contributed by atoms with van der Waals surface area (Å²) < 4.78 is 11.9. The molecule has 2 aromatic carbocycles. The molecule has 3 N–H and O–H groups in total. The second kappa shape index (κ2) is 11.4. The molecule has 190 valence electrons. The molecular formula is C27H31N3O6. The summed E-state index contributed by atoms with van der Waals surface area (Å²) in [6, 6.07) is 11.2. The van der Waals surface area contributed by atoms with Gasteiger partial charge >= 0.3 is 12.0 Å². The molecule has 3 rings (SSSR count). The van der Waals surface area contributed by atoms with Crippen LogP contribution in [0.4, 0.5) is 10.5 Å². The molecule has 1 atom stereocenters. The van der Waals surface area contributed by atoms with Gasteiger partial charge in [-0.25, -0.2) is 4.79 Å². The van der Waals surface area contributed by atoms with Gasteiger partial charge in [0.25, 0.3) is 5.56 Å². The zero-order chi connectivity index (χ0) is 26.4. The van der Waals surface area contributed by atoms with Crippen LogP contribution < -0.4 is 20.9 Å². The SMILES string of the molecule is CCOC(=O)C[C@H](NC(=O)Nc1c(O)ccn(C)c1=O)c1cc(OC)cc(-c2c(C)cccc2C)c1. The fourth-order valence-electron chi connectivity index (χ4n) is 4.04. The second-order valence-electron chi connectivity index (χ2n) is 8.41. The van der Waals surface area contributed by atoms with E-state index in [1.807, 2.05) is 44.2 Å². The first-order chi connectivity index (χ1) is 17.1. The molecule has 36 heavy (non-hydrogen) atoms. The Morgan fingerprint density at radius 2 is 1.81 bits per heavy atom. The predicted octanol–water partition coefficient (Wildman–Crippen LogP) is 4.20. The Kier molecular flexibility index (Phi) is 8.37. The van der Waals surface area contributed by atoms with Gasteiger partial charge in [-0.3, -0.25) is 9.59 Å². The number of aryl methyl sites for hydroxylation is 3. The maximum Gasteiger partial charge on any atom is 0.319 e. The molecule has 0 aliphatic rings. The van der Waals surface area contributed by atoms with Crippen molar-refractivity contribution < 1.29 is 24.2 Å². The number of ether oxygens (including phenoxy) is 2. The number of hydrogen-bond acceptors (Lipinski definition) is 6. The van der Waals surface area contributed by atoms with Gasteiger partial charge in [0.15, 0.2) is 5.69 Å².